The highest BCUT2D eigenvalue weighted by Crippen LogP contribution is 2.19. The van der Waals surface area contributed by atoms with Gasteiger partial charge >= 0.3 is 0 Å². The quantitative estimate of drug-likeness (QED) is 0.535. The summed E-state index contributed by atoms with van der Waals surface area (Å²) in [4.78, 5) is 0. The van der Waals surface area contributed by atoms with Crippen LogP contribution in [0.1, 0.15) is 27.7 Å². The molecule has 1 atom stereocenters. The Hall–Kier alpha value is -0.300. The van der Waals surface area contributed by atoms with Crippen LogP contribution in [0.3, 0.4) is 0 Å². The summed E-state index contributed by atoms with van der Waals surface area (Å²) in [6, 6.07) is 0. The zero-order valence-corrected chi connectivity index (χ0v) is 6.68. The Morgan fingerprint density at radius 3 is 1.89 bits per heavy atom. The van der Waals surface area contributed by atoms with E-state index in [9.17, 15) is 5.11 Å². The first-order chi connectivity index (χ1) is 3.98. The molecule has 0 rings (SSSR count). The smallest absolute Gasteiger partial charge is 0.0769 e. The largest absolute Gasteiger partial charge is 0.388 e. The van der Waals surface area contributed by atoms with Crippen molar-refractivity contribution >= 4 is 0 Å². The van der Waals surface area contributed by atoms with E-state index in [4.69, 9.17) is 0 Å². The Bertz CT molecular complexity index is 97.6. The maximum atomic E-state index is 9.30. The zero-order chi connectivity index (χ0) is 7.49. The van der Waals surface area contributed by atoms with Gasteiger partial charge in [-0.15, -0.1) is 0 Å². The van der Waals surface area contributed by atoms with Gasteiger partial charge in [0, 0.05) is 0 Å². The van der Waals surface area contributed by atoms with Crippen LogP contribution in [0, 0.1) is 5.41 Å². The van der Waals surface area contributed by atoms with Crippen molar-refractivity contribution in [3.8, 4) is 0 Å². The topological polar surface area (TPSA) is 20.2 Å². The summed E-state index contributed by atoms with van der Waals surface area (Å²) in [5.74, 6) is 0. The Morgan fingerprint density at radius 2 is 1.78 bits per heavy atom. The number of aliphatic hydroxyl groups excluding tert-OH is 1. The molecule has 0 aliphatic carbocycles. The molecule has 9 heavy (non-hydrogen) atoms. The second-order valence-electron chi connectivity index (χ2n) is 3.34. The summed E-state index contributed by atoms with van der Waals surface area (Å²) in [5.41, 5.74) is -0.0213. The third-order valence-electron chi connectivity index (χ3n) is 1.26. The molecule has 1 nitrogen and oxygen atoms in total. The summed E-state index contributed by atoms with van der Waals surface area (Å²) in [5, 5.41) is 9.30. The van der Waals surface area contributed by atoms with Gasteiger partial charge in [-0.05, 0) is 12.3 Å². The molecule has 0 aromatic carbocycles. The maximum absolute atomic E-state index is 9.30. The van der Waals surface area contributed by atoms with Crippen LogP contribution in [-0.4, -0.2) is 11.2 Å². The fourth-order valence-corrected chi connectivity index (χ4v) is 0.471. The van der Waals surface area contributed by atoms with E-state index < -0.39 is 0 Å². The van der Waals surface area contributed by atoms with Crippen LogP contribution in [0.2, 0.25) is 0 Å². The van der Waals surface area contributed by atoms with Crippen molar-refractivity contribution in [3.05, 3.63) is 12.2 Å². The molecule has 1 N–H and O–H groups in total. The van der Waals surface area contributed by atoms with E-state index in [1.807, 2.05) is 33.8 Å². The third kappa shape index (κ3) is 3.31. The number of allylic oxidation sites excluding steroid dienone is 1. The SMILES string of the molecule is C/C=C/[C@@H](O)C(C)(C)C. The summed E-state index contributed by atoms with van der Waals surface area (Å²) in [6.07, 6.45) is 3.36. The van der Waals surface area contributed by atoms with Crippen molar-refractivity contribution in [2.75, 3.05) is 0 Å². The predicted molar refractivity (Wildman–Crippen MR) is 40.3 cm³/mol. The summed E-state index contributed by atoms with van der Waals surface area (Å²) in [7, 11) is 0. The lowest BCUT2D eigenvalue weighted by Gasteiger charge is -2.22. The Kier molecular flexibility index (Phi) is 2.92. The van der Waals surface area contributed by atoms with Gasteiger partial charge in [-0.25, -0.2) is 0 Å². The van der Waals surface area contributed by atoms with Crippen molar-refractivity contribution in [1.82, 2.24) is 0 Å². The van der Waals surface area contributed by atoms with E-state index >= 15 is 0 Å². The molecule has 0 bridgehead atoms. The van der Waals surface area contributed by atoms with Crippen molar-refractivity contribution < 1.29 is 5.11 Å². The van der Waals surface area contributed by atoms with Crippen LogP contribution in [-0.2, 0) is 0 Å². The van der Waals surface area contributed by atoms with Crippen molar-refractivity contribution in [2.24, 2.45) is 5.41 Å². The molecular formula is C8H16O. The van der Waals surface area contributed by atoms with Crippen LogP contribution in [0.5, 0.6) is 0 Å². The molecule has 0 unspecified atom stereocenters. The standard InChI is InChI=1S/C8H16O/c1-5-6-7(9)8(2,3)4/h5-7,9H,1-4H3/b6-5+/t7-/m1/s1. The number of aliphatic hydroxyl groups is 1. The van der Waals surface area contributed by atoms with Gasteiger partial charge in [0.05, 0.1) is 6.10 Å². The normalized spacial score (nSPS) is 16.6. The molecule has 54 valence electrons. The number of hydrogen-bond acceptors (Lipinski definition) is 1. The molecule has 0 radical (unpaired) electrons. The van der Waals surface area contributed by atoms with Gasteiger partial charge < -0.3 is 5.11 Å². The van der Waals surface area contributed by atoms with E-state index in [2.05, 4.69) is 0 Å². The third-order valence-corrected chi connectivity index (χ3v) is 1.26. The second kappa shape index (κ2) is 3.02. The number of hydrogen-bond donors (Lipinski definition) is 1. The lowest BCUT2D eigenvalue weighted by Crippen LogP contribution is -2.23. The van der Waals surface area contributed by atoms with Crippen LogP contribution >= 0.6 is 0 Å². The first kappa shape index (κ1) is 8.70. The summed E-state index contributed by atoms with van der Waals surface area (Å²) in [6.45, 7) is 7.95. The van der Waals surface area contributed by atoms with Crippen LogP contribution < -0.4 is 0 Å². The van der Waals surface area contributed by atoms with E-state index in [0.717, 1.165) is 0 Å². The van der Waals surface area contributed by atoms with Gasteiger partial charge in [0.1, 0.15) is 0 Å². The molecule has 0 saturated carbocycles. The molecule has 0 saturated heterocycles. The fourth-order valence-electron chi connectivity index (χ4n) is 0.471. The van der Waals surface area contributed by atoms with Crippen LogP contribution in [0.25, 0.3) is 0 Å². The van der Waals surface area contributed by atoms with E-state index in [1.54, 1.807) is 6.08 Å². The predicted octanol–water partition coefficient (Wildman–Crippen LogP) is 1.97. The van der Waals surface area contributed by atoms with Crippen molar-refractivity contribution in [1.29, 1.82) is 0 Å². The number of rotatable bonds is 1. The highest BCUT2D eigenvalue weighted by molar-refractivity contribution is 4.92. The molecular weight excluding hydrogens is 112 g/mol. The first-order valence-electron chi connectivity index (χ1n) is 3.29. The van der Waals surface area contributed by atoms with E-state index in [1.165, 1.54) is 0 Å². The Balaban J connectivity index is 3.88. The highest BCUT2D eigenvalue weighted by atomic mass is 16.3. The monoisotopic (exact) mass is 128 g/mol. The fraction of sp³-hybridized carbons (Fsp3) is 0.750. The minimum absolute atomic E-state index is 0.0213. The van der Waals surface area contributed by atoms with Gasteiger partial charge in [-0.3, -0.25) is 0 Å². The summed E-state index contributed by atoms with van der Waals surface area (Å²) < 4.78 is 0. The highest BCUT2D eigenvalue weighted by Gasteiger charge is 2.18. The molecule has 0 heterocycles. The molecule has 0 aromatic rings. The molecule has 0 aliphatic heterocycles. The van der Waals surface area contributed by atoms with Gasteiger partial charge in [-0.1, -0.05) is 32.9 Å². The molecule has 1 heteroatoms. The van der Waals surface area contributed by atoms with E-state index in [-0.39, 0.29) is 11.5 Å². The van der Waals surface area contributed by atoms with E-state index in [0.29, 0.717) is 0 Å². The van der Waals surface area contributed by atoms with Gasteiger partial charge in [-0.2, -0.15) is 0 Å². The molecule has 0 fully saturated rings. The first-order valence-corrected chi connectivity index (χ1v) is 3.29. The lowest BCUT2D eigenvalue weighted by molar-refractivity contribution is 0.105. The average Bonchev–Trinajstić information content (AvgIpc) is 1.64. The Labute approximate surface area is 57.4 Å². The molecule has 0 aliphatic rings. The van der Waals surface area contributed by atoms with Crippen LogP contribution in [0.4, 0.5) is 0 Å². The lowest BCUT2D eigenvalue weighted by atomic mass is 9.89. The van der Waals surface area contributed by atoms with Gasteiger partial charge in [0.25, 0.3) is 0 Å². The summed E-state index contributed by atoms with van der Waals surface area (Å²) >= 11 is 0. The van der Waals surface area contributed by atoms with Crippen molar-refractivity contribution in [2.45, 2.75) is 33.8 Å². The van der Waals surface area contributed by atoms with Gasteiger partial charge in [0.15, 0.2) is 0 Å². The molecule has 0 spiro atoms. The minimum Gasteiger partial charge on any atom is -0.388 e. The van der Waals surface area contributed by atoms with Crippen molar-refractivity contribution in [3.63, 3.8) is 0 Å². The minimum atomic E-state index is -0.317. The van der Waals surface area contributed by atoms with Crippen LogP contribution in [0.15, 0.2) is 12.2 Å². The average molecular weight is 128 g/mol. The molecule has 0 amide bonds. The second-order valence-corrected chi connectivity index (χ2v) is 3.34. The molecule has 0 aromatic heterocycles. The Morgan fingerprint density at radius 1 is 1.33 bits per heavy atom. The van der Waals surface area contributed by atoms with Gasteiger partial charge in [0.2, 0.25) is 0 Å². The zero-order valence-electron chi connectivity index (χ0n) is 6.68. The maximum Gasteiger partial charge on any atom is 0.0769 e.